The Morgan fingerprint density at radius 1 is 1.19 bits per heavy atom. The second-order valence-electron chi connectivity index (χ2n) is 9.28. The van der Waals surface area contributed by atoms with Crippen LogP contribution in [0.2, 0.25) is 5.02 Å². The zero-order valence-corrected chi connectivity index (χ0v) is 21.3. The first-order valence-electron chi connectivity index (χ1n) is 11.3. The standard InChI is InChI=1S/C23H22ClF3N8.H2S/c1-13-11-34-12-14(15-9-18(28-10-16(15)24)30-19-4-7-29-33(19)2)8-17(34)20-31-32-21(35(13)20)22(5-3-6-22)23(25,26)27;/h4,7-10,12-13H,3,5-6,11H2,1-2H3,(H,28,30);1H2/t13-;/m0./s1. The largest absolute Gasteiger partial charge is 0.401 e. The Morgan fingerprint density at radius 3 is 2.61 bits per heavy atom. The highest BCUT2D eigenvalue weighted by Gasteiger charge is 2.62. The number of halogens is 4. The topological polar surface area (TPSA) is 78.4 Å². The van der Waals surface area contributed by atoms with E-state index < -0.39 is 11.6 Å². The fourth-order valence-corrected chi connectivity index (χ4v) is 5.31. The highest BCUT2D eigenvalue weighted by Crippen LogP contribution is 2.55. The molecule has 2 aliphatic rings. The Hall–Kier alpha value is -2.99. The lowest BCUT2D eigenvalue weighted by atomic mass is 9.67. The maximum absolute atomic E-state index is 14.1. The van der Waals surface area contributed by atoms with Crippen LogP contribution in [-0.4, -0.2) is 40.3 Å². The van der Waals surface area contributed by atoms with E-state index in [-0.39, 0.29) is 38.2 Å². The zero-order valence-electron chi connectivity index (χ0n) is 19.5. The van der Waals surface area contributed by atoms with Gasteiger partial charge in [0.15, 0.2) is 5.82 Å². The first-order valence-corrected chi connectivity index (χ1v) is 11.7. The van der Waals surface area contributed by atoms with Gasteiger partial charge in [0.2, 0.25) is 0 Å². The van der Waals surface area contributed by atoms with Crippen molar-refractivity contribution in [3.8, 4) is 22.6 Å². The molecule has 0 spiro atoms. The number of nitrogens with one attached hydrogen (secondary N) is 1. The predicted octanol–water partition coefficient (Wildman–Crippen LogP) is 5.61. The molecule has 0 amide bonds. The second-order valence-corrected chi connectivity index (χ2v) is 9.69. The normalized spacial score (nSPS) is 18.1. The third-order valence-electron chi connectivity index (χ3n) is 7.14. The van der Waals surface area contributed by atoms with E-state index in [1.165, 1.54) is 0 Å². The van der Waals surface area contributed by atoms with E-state index >= 15 is 0 Å². The zero-order chi connectivity index (χ0) is 24.5. The predicted molar refractivity (Wildman–Crippen MR) is 135 cm³/mol. The van der Waals surface area contributed by atoms with E-state index in [2.05, 4.69) is 25.6 Å². The second kappa shape index (κ2) is 8.55. The first-order chi connectivity index (χ1) is 16.7. The van der Waals surface area contributed by atoms with E-state index in [0.29, 0.717) is 35.3 Å². The Bertz CT molecular complexity index is 1440. The number of alkyl halides is 3. The third-order valence-corrected chi connectivity index (χ3v) is 7.45. The number of fused-ring (bicyclic) bond motifs is 3. The molecule has 36 heavy (non-hydrogen) atoms. The van der Waals surface area contributed by atoms with Crippen LogP contribution in [0.3, 0.4) is 0 Å². The van der Waals surface area contributed by atoms with Crippen LogP contribution in [0, 0.1) is 0 Å². The average molecular weight is 537 g/mol. The van der Waals surface area contributed by atoms with Gasteiger partial charge in [0.25, 0.3) is 0 Å². The summed E-state index contributed by atoms with van der Waals surface area (Å²) in [5.74, 6) is 1.83. The smallest absolute Gasteiger partial charge is 0.342 e. The minimum Gasteiger partial charge on any atom is -0.342 e. The molecule has 1 aliphatic carbocycles. The van der Waals surface area contributed by atoms with E-state index in [1.54, 1.807) is 21.6 Å². The summed E-state index contributed by atoms with van der Waals surface area (Å²) in [6, 6.07) is 5.34. The maximum atomic E-state index is 14.1. The molecular formula is C23H24ClF3N8S. The number of anilines is 2. The highest BCUT2D eigenvalue weighted by molar-refractivity contribution is 7.59. The van der Waals surface area contributed by atoms with Crippen molar-refractivity contribution in [3.63, 3.8) is 0 Å². The number of hydrogen-bond donors (Lipinski definition) is 1. The Kier molecular flexibility index (Phi) is 5.86. The molecule has 0 saturated heterocycles. The molecule has 4 aromatic rings. The fraction of sp³-hybridized carbons (Fsp3) is 0.391. The van der Waals surface area contributed by atoms with Gasteiger partial charge in [-0.25, -0.2) is 4.98 Å². The molecular weight excluding hydrogens is 513 g/mol. The Morgan fingerprint density at radius 2 is 1.97 bits per heavy atom. The van der Waals surface area contributed by atoms with E-state index in [0.717, 1.165) is 16.9 Å². The van der Waals surface area contributed by atoms with Gasteiger partial charge in [-0.2, -0.15) is 31.8 Å². The lowest BCUT2D eigenvalue weighted by Gasteiger charge is -2.43. The molecule has 1 saturated carbocycles. The molecule has 0 radical (unpaired) electrons. The molecule has 1 fully saturated rings. The van der Waals surface area contributed by atoms with Crippen LogP contribution in [0.1, 0.15) is 38.1 Å². The van der Waals surface area contributed by atoms with Crippen LogP contribution < -0.4 is 5.32 Å². The number of nitrogens with zero attached hydrogens (tertiary/aromatic N) is 7. The number of aromatic nitrogens is 7. The minimum atomic E-state index is -4.36. The summed E-state index contributed by atoms with van der Waals surface area (Å²) < 4.78 is 47.6. The van der Waals surface area contributed by atoms with Crippen LogP contribution in [-0.2, 0) is 19.0 Å². The van der Waals surface area contributed by atoms with Gasteiger partial charge < -0.3 is 14.5 Å². The summed E-state index contributed by atoms with van der Waals surface area (Å²) in [5, 5.41) is 16.2. The molecule has 1 N–H and O–H groups in total. The summed E-state index contributed by atoms with van der Waals surface area (Å²) >= 11 is 6.50. The van der Waals surface area contributed by atoms with Gasteiger partial charge in [-0.3, -0.25) is 4.68 Å². The van der Waals surface area contributed by atoms with Gasteiger partial charge in [0.1, 0.15) is 22.9 Å². The van der Waals surface area contributed by atoms with E-state index in [9.17, 15) is 13.2 Å². The molecule has 13 heteroatoms. The van der Waals surface area contributed by atoms with Crippen molar-refractivity contribution in [2.24, 2.45) is 7.05 Å². The summed E-state index contributed by atoms with van der Waals surface area (Å²) in [7, 11) is 1.82. The van der Waals surface area contributed by atoms with Gasteiger partial charge in [-0.1, -0.05) is 18.0 Å². The van der Waals surface area contributed by atoms with Gasteiger partial charge in [-0.05, 0) is 31.9 Å². The highest BCUT2D eigenvalue weighted by atomic mass is 35.5. The number of aryl methyl sites for hydroxylation is 1. The van der Waals surface area contributed by atoms with Gasteiger partial charge in [0.05, 0.1) is 23.0 Å². The van der Waals surface area contributed by atoms with Gasteiger partial charge in [0, 0.05) is 43.2 Å². The number of rotatable bonds is 4. The SMILES string of the molecule is C[C@H]1Cn2cc(-c3cc(Nc4ccnn4C)ncc3Cl)cc2-c2nnc(C3(C(F)(F)F)CCC3)n21.S. The van der Waals surface area contributed by atoms with Crippen LogP contribution >= 0.6 is 25.1 Å². The van der Waals surface area contributed by atoms with Crippen molar-refractivity contribution in [1.29, 1.82) is 0 Å². The summed E-state index contributed by atoms with van der Waals surface area (Å²) in [6.07, 6.45) is 1.47. The maximum Gasteiger partial charge on any atom is 0.401 e. The third kappa shape index (κ3) is 3.61. The van der Waals surface area contributed by atoms with Crippen LogP contribution in [0.25, 0.3) is 22.6 Å². The molecule has 0 bridgehead atoms. The van der Waals surface area contributed by atoms with Crippen molar-refractivity contribution in [2.45, 2.75) is 50.4 Å². The monoisotopic (exact) mass is 536 g/mol. The Balaban J connectivity index is 0.00000267. The van der Waals surface area contributed by atoms with Crippen LogP contribution in [0.5, 0.6) is 0 Å². The number of pyridine rings is 1. The molecule has 190 valence electrons. The molecule has 8 nitrogen and oxygen atoms in total. The lowest BCUT2D eigenvalue weighted by Crippen LogP contribution is -2.50. The first kappa shape index (κ1) is 24.7. The number of hydrogen-bond acceptors (Lipinski definition) is 5. The van der Waals surface area contributed by atoms with Crippen molar-refractivity contribution >= 4 is 36.7 Å². The van der Waals surface area contributed by atoms with Crippen LogP contribution in [0.4, 0.5) is 24.8 Å². The van der Waals surface area contributed by atoms with Crippen molar-refractivity contribution in [1.82, 2.24) is 34.1 Å². The quantitative estimate of drug-likeness (QED) is 0.367. The molecule has 0 aromatic carbocycles. The molecule has 4 aromatic heterocycles. The van der Waals surface area contributed by atoms with Crippen molar-refractivity contribution in [3.05, 3.63) is 47.6 Å². The van der Waals surface area contributed by atoms with Crippen molar-refractivity contribution in [2.75, 3.05) is 5.32 Å². The molecule has 1 atom stereocenters. The fourth-order valence-electron chi connectivity index (χ4n) is 5.09. The molecule has 1 aliphatic heterocycles. The summed E-state index contributed by atoms with van der Waals surface area (Å²) in [4.78, 5) is 4.36. The van der Waals surface area contributed by atoms with Crippen LogP contribution in [0.15, 0.2) is 36.8 Å². The molecule has 0 unspecified atom stereocenters. The average Bonchev–Trinajstić information content (AvgIpc) is 3.47. The minimum absolute atomic E-state index is 0. The van der Waals surface area contributed by atoms with E-state index in [4.69, 9.17) is 11.6 Å². The Labute approximate surface area is 216 Å². The summed E-state index contributed by atoms with van der Waals surface area (Å²) in [6.45, 7) is 2.40. The molecule has 6 rings (SSSR count). The summed E-state index contributed by atoms with van der Waals surface area (Å²) in [5.41, 5.74) is 0.366. The van der Waals surface area contributed by atoms with Gasteiger partial charge in [-0.15, -0.1) is 10.2 Å². The lowest BCUT2D eigenvalue weighted by molar-refractivity contribution is -0.216. The van der Waals surface area contributed by atoms with Crippen molar-refractivity contribution < 1.29 is 13.2 Å². The molecule has 5 heterocycles. The van der Waals surface area contributed by atoms with Gasteiger partial charge >= 0.3 is 6.18 Å². The van der Waals surface area contributed by atoms with E-state index in [1.807, 2.05) is 42.9 Å².